The molecule has 1 fully saturated rings. The van der Waals surface area contributed by atoms with Crippen molar-refractivity contribution in [3.63, 3.8) is 0 Å². The molecule has 0 unspecified atom stereocenters. The number of rotatable bonds is 8. The topological polar surface area (TPSA) is 53.6 Å². The van der Waals surface area contributed by atoms with Crippen LogP contribution in [-0.2, 0) is 9.53 Å². The number of piperazine rings is 1. The molecule has 0 aromatic rings. The largest absolute Gasteiger partial charge is 0.379 e. The molecule has 17 heavy (non-hydrogen) atoms. The zero-order chi connectivity index (χ0) is 12.3. The van der Waals surface area contributed by atoms with Crippen LogP contribution < -0.4 is 10.6 Å². The van der Waals surface area contributed by atoms with E-state index in [1.165, 1.54) is 0 Å². The lowest BCUT2D eigenvalue weighted by Gasteiger charge is -2.26. The van der Waals surface area contributed by atoms with E-state index in [-0.39, 0.29) is 5.91 Å². The summed E-state index contributed by atoms with van der Waals surface area (Å²) in [5.74, 6) is 0.0826. The fourth-order valence-corrected chi connectivity index (χ4v) is 1.66. The molecule has 0 radical (unpaired) electrons. The van der Waals surface area contributed by atoms with E-state index >= 15 is 0 Å². The summed E-state index contributed by atoms with van der Waals surface area (Å²) in [6.07, 6.45) is 2.68. The Hall–Kier alpha value is -0.910. The summed E-state index contributed by atoms with van der Waals surface area (Å²) in [5.41, 5.74) is 0. The van der Waals surface area contributed by atoms with Crippen LogP contribution in [0.1, 0.15) is 6.42 Å². The second kappa shape index (κ2) is 9.15. The Balaban J connectivity index is 1.95. The minimum Gasteiger partial charge on any atom is -0.379 e. The van der Waals surface area contributed by atoms with Gasteiger partial charge in [0.2, 0.25) is 5.91 Å². The lowest BCUT2D eigenvalue weighted by atomic mass is 10.3. The second-order valence-corrected chi connectivity index (χ2v) is 4.07. The van der Waals surface area contributed by atoms with Gasteiger partial charge in [0.15, 0.2) is 0 Å². The zero-order valence-electron chi connectivity index (χ0n) is 10.4. The highest BCUT2D eigenvalue weighted by atomic mass is 16.5. The maximum Gasteiger partial charge on any atom is 0.234 e. The summed E-state index contributed by atoms with van der Waals surface area (Å²) in [6.45, 7) is 9.78. The summed E-state index contributed by atoms with van der Waals surface area (Å²) in [5, 5.41) is 6.11. The average Bonchev–Trinajstić information content (AvgIpc) is 2.35. The molecule has 0 saturated carbocycles. The summed E-state index contributed by atoms with van der Waals surface area (Å²) < 4.78 is 5.30. The third kappa shape index (κ3) is 7.10. The van der Waals surface area contributed by atoms with Crippen LogP contribution in [0.15, 0.2) is 12.7 Å². The Morgan fingerprint density at radius 1 is 1.41 bits per heavy atom. The molecule has 5 heteroatoms. The number of hydrogen-bond acceptors (Lipinski definition) is 4. The standard InChI is InChI=1S/C12H23N3O2/c1-2-3-9-17-10-6-14-12(16)11-15-7-4-13-5-8-15/h2,13H,1,3-11H2,(H,14,16). The van der Waals surface area contributed by atoms with Crippen LogP contribution in [0, 0.1) is 0 Å². The lowest BCUT2D eigenvalue weighted by molar-refractivity contribution is -0.122. The molecule has 0 bridgehead atoms. The van der Waals surface area contributed by atoms with Crippen molar-refractivity contribution in [2.24, 2.45) is 0 Å². The molecule has 1 saturated heterocycles. The van der Waals surface area contributed by atoms with Crippen LogP contribution in [0.2, 0.25) is 0 Å². The molecule has 2 N–H and O–H groups in total. The molecule has 1 amide bonds. The van der Waals surface area contributed by atoms with Gasteiger partial charge in [-0.2, -0.15) is 0 Å². The Bertz CT molecular complexity index is 228. The average molecular weight is 241 g/mol. The van der Waals surface area contributed by atoms with Crippen molar-refractivity contribution in [1.82, 2.24) is 15.5 Å². The van der Waals surface area contributed by atoms with Crippen molar-refractivity contribution in [3.8, 4) is 0 Å². The third-order valence-corrected chi connectivity index (χ3v) is 2.61. The predicted octanol–water partition coefficient (Wildman–Crippen LogP) is -0.399. The van der Waals surface area contributed by atoms with Gasteiger partial charge < -0.3 is 15.4 Å². The fraction of sp³-hybridized carbons (Fsp3) is 0.750. The van der Waals surface area contributed by atoms with Gasteiger partial charge in [-0.3, -0.25) is 9.69 Å². The first-order chi connectivity index (χ1) is 8.33. The molecule has 98 valence electrons. The fourth-order valence-electron chi connectivity index (χ4n) is 1.66. The molecular weight excluding hydrogens is 218 g/mol. The van der Waals surface area contributed by atoms with E-state index < -0.39 is 0 Å². The Morgan fingerprint density at radius 3 is 2.88 bits per heavy atom. The van der Waals surface area contributed by atoms with Gasteiger partial charge >= 0.3 is 0 Å². The number of carbonyl (C=O) groups is 1. The van der Waals surface area contributed by atoms with Crippen LogP contribution >= 0.6 is 0 Å². The Morgan fingerprint density at radius 2 is 2.18 bits per heavy atom. The number of amides is 1. The smallest absolute Gasteiger partial charge is 0.234 e. The van der Waals surface area contributed by atoms with Crippen molar-refractivity contribution >= 4 is 5.91 Å². The summed E-state index contributed by atoms with van der Waals surface area (Å²) in [6, 6.07) is 0. The molecule has 0 aliphatic carbocycles. The summed E-state index contributed by atoms with van der Waals surface area (Å²) in [4.78, 5) is 13.7. The van der Waals surface area contributed by atoms with Gasteiger partial charge in [-0.25, -0.2) is 0 Å². The molecule has 1 aliphatic rings. The van der Waals surface area contributed by atoms with E-state index in [0.29, 0.717) is 26.3 Å². The second-order valence-electron chi connectivity index (χ2n) is 4.07. The number of carbonyl (C=O) groups excluding carboxylic acids is 1. The lowest BCUT2D eigenvalue weighted by Crippen LogP contribution is -2.47. The minimum atomic E-state index is 0.0826. The van der Waals surface area contributed by atoms with Gasteiger partial charge in [0.25, 0.3) is 0 Å². The molecule has 0 aromatic heterocycles. The first kappa shape index (κ1) is 14.2. The Kier molecular flexibility index (Phi) is 7.62. The molecule has 1 aliphatic heterocycles. The van der Waals surface area contributed by atoms with Crippen molar-refractivity contribution in [2.45, 2.75) is 6.42 Å². The van der Waals surface area contributed by atoms with Crippen molar-refractivity contribution in [1.29, 1.82) is 0 Å². The third-order valence-electron chi connectivity index (χ3n) is 2.61. The van der Waals surface area contributed by atoms with Gasteiger partial charge in [-0.05, 0) is 6.42 Å². The van der Waals surface area contributed by atoms with Crippen LogP contribution in [0.25, 0.3) is 0 Å². The van der Waals surface area contributed by atoms with E-state index in [0.717, 1.165) is 32.6 Å². The highest BCUT2D eigenvalue weighted by Crippen LogP contribution is 1.90. The molecule has 1 rings (SSSR count). The maximum atomic E-state index is 11.6. The van der Waals surface area contributed by atoms with Gasteiger partial charge in [0.05, 0.1) is 19.8 Å². The minimum absolute atomic E-state index is 0.0826. The molecule has 1 heterocycles. The SMILES string of the molecule is C=CCCOCCNC(=O)CN1CCNCC1. The number of ether oxygens (including phenoxy) is 1. The first-order valence-corrected chi connectivity index (χ1v) is 6.21. The number of hydrogen-bond donors (Lipinski definition) is 2. The quantitative estimate of drug-likeness (QED) is 0.448. The van der Waals surface area contributed by atoms with Crippen LogP contribution in [0.3, 0.4) is 0 Å². The molecule has 0 spiro atoms. The highest BCUT2D eigenvalue weighted by Gasteiger charge is 2.12. The molecule has 0 aromatic carbocycles. The maximum absolute atomic E-state index is 11.6. The van der Waals surface area contributed by atoms with Gasteiger partial charge in [-0.15, -0.1) is 6.58 Å². The van der Waals surface area contributed by atoms with Crippen molar-refractivity contribution in [3.05, 3.63) is 12.7 Å². The summed E-state index contributed by atoms with van der Waals surface area (Å²) in [7, 11) is 0. The summed E-state index contributed by atoms with van der Waals surface area (Å²) >= 11 is 0. The van der Waals surface area contributed by atoms with E-state index in [1.54, 1.807) is 0 Å². The van der Waals surface area contributed by atoms with Crippen LogP contribution in [0.5, 0.6) is 0 Å². The van der Waals surface area contributed by atoms with Gasteiger partial charge in [-0.1, -0.05) is 6.08 Å². The van der Waals surface area contributed by atoms with Crippen LogP contribution in [0.4, 0.5) is 0 Å². The molecular formula is C12H23N3O2. The first-order valence-electron chi connectivity index (χ1n) is 6.21. The normalized spacial score (nSPS) is 16.7. The predicted molar refractivity (Wildman–Crippen MR) is 68.0 cm³/mol. The van der Waals surface area contributed by atoms with Crippen LogP contribution in [-0.4, -0.2) is 63.3 Å². The van der Waals surface area contributed by atoms with E-state index in [9.17, 15) is 4.79 Å². The van der Waals surface area contributed by atoms with E-state index in [4.69, 9.17) is 4.74 Å². The van der Waals surface area contributed by atoms with Crippen molar-refractivity contribution < 1.29 is 9.53 Å². The monoisotopic (exact) mass is 241 g/mol. The van der Waals surface area contributed by atoms with E-state index in [1.807, 2.05) is 6.08 Å². The van der Waals surface area contributed by atoms with E-state index in [2.05, 4.69) is 22.1 Å². The molecule has 0 atom stereocenters. The van der Waals surface area contributed by atoms with Gasteiger partial charge in [0.1, 0.15) is 0 Å². The van der Waals surface area contributed by atoms with Gasteiger partial charge in [0, 0.05) is 32.7 Å². The van der Waals surface area contributed by atoms with Crippen molar-refractivity contribution in [2.75, 3.05) is 52.5 Å². The number of nitrogens with zero attached hydrogens (tertiary/aromatic N) is 1. The zero-order valence-corrected chi connectivity index (χ0v) is 10.4. The molecule has 5 nitrogen and oxygen atoms in total. The number of nitrogens with one attached hydrogen (secondary N) is 2. The highest BCUT2D eigenvalue weighted by molar-refractivity contribution is 5.77. The Labute approximate surface area is 103 Å².